The highest BCUT2D eigenvalue weighted by Crippen LogP contribution is 2.33. The number of carbonyl (C=O) groups excluding carboxylic acids is 2. The molecule has 3 aromatic rings. The number of Topliss-reactive ketones (excluding diaryl/α,β-unsaturated/α-hetero) is 1. The van der Waals surface area contributed by atoms with Crippen molar-refractivity contribution in [2.45, 2.75) is 52.6 Å². The number of rotatable bonds is 10. The van der Waals surface area contributed by atoms with Gasteiger partial charge in [-0.2, -0.15) is 0 Å². The third-order valence-electron chi connectivity index (χ3n) is 7.80. The number of halogens is 1. The molecule has 41 heavy (non-hydrogen) atoms. The van der Waals surface area contributed by atoms with Crippen LogP contribution in [0.5, 0.6) is 0 Å². The lowest BCUT2D eigenvalue weighted by molar-refractivity contribution is -0.144. The van der Waals surface area contributed by atoms with Gasteiger partial charge in [0.15, 0.2) is 5.78 Å². The van der Waals surface area contributed by atoms with Crippen molar-refractivity contribution in [3.05, 3.63) is 56.8 Å². The van der Waals surface area contributed by atoms with Crippen LogP contribution in [-0.4, -0.2) is 88.4 Å². The van der Waals surface area contributed by atoms with Gasteiger partial charge in [0.2, 0.25) is 0 Å². The van der Waals surface area contributed by atoms with Crippen LogP contribution in [0.3, 0.4) is 0 Å². The van der Waals surface area contributed by atoms with Gasteiger partial charge >= 0.3 is 5.97 Å². The van der Waals surface area contributed by atoms with Gasteiger partial charge in [0.1, 0.15) is 16.5 Å². The van der Waals surface area contributed by atoms with Crippen molar-refractivity contribution in [1.29, 1.82) is 0 Å². The molecule has 2 fully saturated rings. The first-order chi connectivity index (χ1) is 19.8. The number of esters is 1. The molecule has 11 heteroatoms. The van der Waals surface area contributed by atoms with Crippen LogP contribution in [0.1, 0.15) is 52.6 Å². The van der Waals surface area contributed by atoms with Gasteiger partial charge in [-0.25, -0.2) is 15.0 Å². The SMILES string of the molecule is CCOC(=O)CN1CCN(c2cnc(C(=O)Cc3nc(-c4ccc(Cl)c(C)c4)c(CN4CCC[C@H]4C)s3)cn2)CC1. The molecule has 4 heterocycles. The normalized spacial score (nSPS) is 18.1. The number of ketones is 1. The second-order valence-corrected chi connectivity index (χ2v) is 12.3. The molecule has 0 radical (unpaired) electrons. The number of aromatic nitrogens is 3. The maximum Gasteiger partial charge on any atom is 0.320 e. The first kappa shape index (κ1) is 29.6. The van der Waals surface area contributed by atoms with Crippen molar-refractivity contribution < 1.29 is 14.3 Å². The first-order valence-corrected chi connectivity index (χ1v) is 15.5. The fourth-order valence-corrected chi connectivity index (χ4v) is 6.63. The first-order valence-electron chi connectivity index (χ1n) is 14.3. The number of carbonyl (C=O) groups is 2. The van der Waals surface area contributed by atoms with E-state index >= 15 is 0 Å². The van der Waals surface area contributed by atoms with Crippen LogP contribution < -0.4 is 4.90 Å². The van der Waals surface area contributed by atoms with Crippen molar-refractivity contribution in [2.75, 3.05) is 50.8 Å². The number of hydrogen-bond donors (Lipinski definition) is 0. The summed E-state index contributed by atoms with van der Waals surface area (Å²) >= 11 is 7.91. The summed E-state index contributed by atoms with van der Waals surface area (Å²) in [5.74, 6) is 0.433. The van der Waals surface area contributed by atoms with Crippen molar-refractivity contribution in [1.82, 2.24) is 24.8 Å². The Bertz CT molecular complexity index is 1370. The summed E-state index contributed by atoms with van der Waals surface area (Å²) in [6, 6.07) is 6.53. The average molecular weight is 597 g/mol. The van der Waals surface area contributed by atoms with Gasteiger partial charge < -0.3 is 9.64 Å². The summed E-state index contributed by atoms with van der Waals surface area (Å²) in [6.45, 7) is 11.6. The van der Waals surface area contributed by atoms with E-state index in [0.717, 1.165) is 71.9 Å². The Morgan fingerprint density at radius 2 is 1.93 bits per heavy atom. The predicted octanol–water partition coefficient (Wildman–Crippen LogP) is 4.66. The highest BCUT2D eigenvalue weighted by Gasteiger charge is 2.25. The van der Waals surface area contributed by atoms with Crippen LogP contribution in [-0.2, 0) is 22.5 Å². The largest absolute Gasteiger partial charge is 0.465 e. The van der Waals surface area contributed by atoms with Gasteiger partial charge in [-0.05, 0) is 57.9 Å². The van der Waals surface area contributed by atoms with Gasteiger partial charge in [-0.1, -0.05) is 17.7 Å². The van der Waals surface area contributed by atoms with Crippen molar-refractivity contribution >= 4 is 40.5 Å². The summed E-state index contributed by atoms with van der Waals surface area (Å²) in [7, 11) is 0. The highest BCUT2D eigenvalue weighted by molar-refractivity contribution is 7.12. The zero-order valence-corrected chi connectivity index (χ0v) is 25.5. The minimum absolute atomic E-state index is 0.100. The Labute approximate surface area is 250 Å². The van der Waals surface area contributed by atoms with E-state index in [4.69, 9.17) is 21.3 Å². The Balaban J connectivity index is 1.25. The molecule has 218 valence electrons. The summed E-state index contributed by atoms with van der Waals surface area (Å²) < 4.78 is 5.05. The molecule has 1 atom stereocenters. The fourth-order valence-electron chi connectivity index (χ4n) is 5.39. The molecule has 0 amide bonds. The Hall–Kier alpha value is -2.92. The third kappa shape index (κ3) is 7.30. The van der Waals surface area contributed by atoms with Crippen LogP contribution in [0.4, 0.5) is 5.82 Å². The molecule has 2 saturated heterocycles. The standard InChI is InChI=1S/C30H37ClN6O3S/c1-4-40-29(39)19-35-10-12-36(13-11-35)27-17-32-24(16-33-27)25(38)15-28-34-30(22-7-8-23(31)20(2)14-22)26(41-28)18-37-9-5-6-21(37)3/h7-8,14,16-17,21H,4-6,9-13,15,18-19H2,1-3H3/t21-/m1/s1. The van der Waals surface area contributed by atoms with Gasteiger partial charge in [0.05, 0.1) is 37.7 Å². The predicted molar refractivity (Wildman–Crippen MR) is 162 cm³/mol. The molecule has 0 unspecified atom stereocenters. The van der Waals surface area contributed by atoms with E-state index in [1.807, 2.05) is 26.0 Å². The number of piperazine rings is 1. The number of benzene rings is 1. The van der Waals surface area contributed by atoms with Gasteiger partial charge in [0, 0.05) is 54.2 Å². The molecule has 0 aliphatic carbocycles. The number of likely N-dealkylation sites (tertiary alicyclic amines) is 1. The molecule has 5 rings (SSSR count). The summed E-state index contributed by atoms with van der Waals surface area (Å²) in [6.07, 6.45) is 5.82. The molecular formula is C30H37ClN6O3S. The smallest absolute Gasteiger partial charge is 0.320 e. The number of nitrogens with zero attached hydrogens (tertiary/aromatic N) is 6. The lowest BCUT2D eigenvalue weighted by Crippen LogP contribution is -2.48. The van der Waals surface area contributed by atoms with E-state index in [9.17, 15) is 9.59 Å². The third-order valence-corrected chi connectivity index (χ3v) is 9.26. The summed E-state index contributed by atoms with van der Waals surface area (Å²) in [5, 5.41) is 1.51. The summed E-state index contributed by atoms with van der Waals surface area (Å²) in [5.41, 5.74) is 3.30. The number of hydrogen-bond acceptors (Lipinski definition) is 10. The lowest BCUT2D eigenvalue weighted by Gasteiger charge is -2.34. The second-order valence-electron chi connectivity index (χ2n) is 10.7. The van der Waals surface area contributed by atoms with Crippen molar-refractivity contribution in [3.8, 4) is 11.3 Å². The van der Waals surface area contributed by atoms with Crippen LogP contribution in [0, 0.1) is 6.92 Å². The van der Waals surface area contributed by atoms with Crippen molar-refractivity contribution in [2.24, 2.45) is 0 Å². The summed E-state index contributed by atoms with van der Waals surface area (Å²) in [4.78, 5) is 46.8. The Kier molecular flexibility index (Phi) is 9.64. The van der Waals surface area contributed by atoms with Crippen LogP contribution >= 0.6 is 22.9 Å². The van der Waals surface area contributed by atoms with Crippen LogP contribution in [0.2, 0.25) is 5.02 Å². The Morgan fingerprint density at radius 1 is 1.12 bits per heavy atom. The second kappa shape index (κ2) is 13.4. The van der Waals surface area contributed by atoms with E-state index in [1.165, 1.54) is 17.7 Å². The average Bonchev–Trinajstić information content (AvgIpc) is 3.56. The maximum absolute atomic E-state index is 13.2. The molecule has 2 aromatic heterocycles. The maximum atomic E-state index is 13.2. The van der Waals surface area contributed by atoms with Crippen LogP contribution in [0.25, 0.3) is 11.3 Å². The minimum Gasteiger partial charge on any atom is -0.465 e. The molecule has 1 aromatic carbocycles. The molecule has 0 spiro atoms. The van der Waals surface area contributed by atoms with E-state index in [0.29, 0.717) is 24.9 Å². The molecule has 0 bridgehead atoms. The topological polar surface area (TPSA) is 91.8 Å². The van der Waals surface area contributed by atoms with Gasteiger partial charge in [0.25, 0.3) is 0 Å². The highest BCUT2D eigenvalue weighted by atomic mass is 35.5. The van der Waals surface area contributed by atoms with Gasteiger partial charge in [-0.15, -0.1) is 11.3 Å². The van der Waals surface area contributed by atoms with E-state index in [1.54, 1.807) is 23.7 Å². The van der Waals surface area contributed by atoms with Crippen molar-refractivity contribution in [3.63, 3.8) is 0 Å². The van der Waals surface area contributed by atoms with Gasteiger partial charge in [-0.3, -0.25) is 19.4 Å². The van der Waals surface area contributed by atoms with E-state index in [2.05, 4.69) is 37.7 Å². The zero-order valence-electron chi connectivity index (χ0n) is 23.9. The monoisotopic (exact) mass is 596 g/mol. The molecule has 0 saturated carbocycles. The van der Waals surface area contributed by atoms with E-state index in [-0.39, 0.29) is 18.2 Å². The fraction of sp³-hybridized carbons (Fsp3) is 0.500. The molecule has 0 N–H and O–H groups in total. The number of aryl methyl sites for hydroxylation is 1. The zero-order chi connectivity index (χ0) is 28.9. The molecular weight excluding hydrogens is 560 g/mol. The number of ether oxygens (including phenoxy) is 1. The molecule has 2 aliphatic rings. The van der Waals surface area contributed by atoms with Crippen LogP contribution in [0.15, 0.2) is 30.6 Å². The number of thiazole rings is 1. The molecule has 9 nitrogen and oxygen atoms in total. The Morgan fingerprint density at radius 3 is 2.59 bits per heavy atom. The minimum atomic E-state index is -0.197. The lowest BCUT2D eigenvalue weighted by atomic mass is 10.1. The molecule has 2 aliphatic heterocycles. The quantitative estimate of drug-likeness (QED) is 0.245. The van der Waals surface area contributed by atoms with E-state index < -0.39 is 0 Å². The number of anilines is 1.